The zero-order chi connectivity index (χ0) is 13.2. The summed E-state index contributed by atoms with van der Waals surface area (Å²) >= 11 is 0. The molecule has 0 bridgehead atoms. The molecule has 0 aliphatic heterocycles. The van der Waals surface area contributed by atoms with Crippen LogP contribution in [-0.4, -0.2) is 9.55 Å². The van der Waals surface area contributed by atoms with Gasteiger partial charge in [-0.15, -0.1) is 0 Å². The lowest BCUT2D eigenvalue weighted by molar-refractivity contribution is 0.818. The normalized spacial score (nSPS) is 11.1. The third-order valence-electron chi connectivity index (χ3n) is 3.41. The number of aryl methyl sites for hydroxylation is 1. The van der Waals surface area contributed by atoms with Gasteiger partial charge in [-0.25, -0.2) is 4.98 Å². The maximum Gasteiger partial charge on any atom is 0.140 e. The van der Waals surface area contributed by atoms with Gasteiger partial charge in [0, 0.05) is 30.9 Å². The van der Waals surface area contributed by atoms with Crippen molar-refractivity contribution in [3.05, 3.63) is 65.5 Å². The van der Waals surface area contributed by atoms with E-state index in [0.717, 1.165) is 23.1 Å². The van der Waals surface area contributed by atoms with Crippen LogP contribution in [0.2, 0.25) is 0 Å². The first-order valence-corrected chi connectivity index (χ1v) is 6.46. The predicted molar refractivity (Wildman–Crippen MR) is 77.9 cm³/mol. The van der Waals surface area contributed by atoms with Crippen LogP contribution in [0.3, 0.4) is 0 Å². The molecule has 19 heavy (non-hydrogen) atoms. The quantitative estimate of drug-likeness (QED) is 0.778. The van der Waals surface area contributed by atoms with E-state index in [0.29, 0.717) is 6.54 Å². The molecule has 0 aliphatic carbocycles. The Morgan fingerprint density at radius 3 is 2.68 bits per heavy atom. The van der Waals surface area contributed by atoms with E-state index in [2.05, 4.69) is 53.0 Å². The summed E-state index contributed by atoms with van der Waals surface area (Å²) in [6.07, 6.45) is 3.94. The van der Waals surface area contributed by atoms with Crippen LogP contribution in [0, 0.1) is 6.92 Å². The van der Waals surface area contributed by atoms with Crippen LogP contribution >= 0.6 is 0 Å². The molecule has 0 fully saturated rings. The molecule has 2 N–H and O–H groups in total. The summed E-state index contributed by atoms with van der Waals surface area (Å²) in [4.78, 5) is 4.47. The van der Waals surface area contributed by atoms with Crippen LogP contribution in [0.1, 0.15) is 16.7 Å². The molecule has 0 saturated carbocycles. The van der Waals surface area contributed by atoms with E-state index in [1.807, 2.05) is 12.3 Å². The zero-order valence-electron chi connectivity index (χ0n) is 11.0. The highest BCUT2D eigenvalue weighted by atomic mass is 15.0. The minimum atomic E-state index is 0.545. The Balaban J connectivity index is 2.03. The van der Waals surface area contributed by atoms with Crippen molar-refractivity contribution < 1.29 is 0 Å². The standard InChI is InChI=1S/C16H17N3/c1-12-4-6-13(7-5-12)10-19-11-14(9-17)15-3-2-8-18-16(15)19/h2-8,11H,9-10,17H2,1H3. The summed E-state index contributed by atoms with van der Waals surface area (Å²) in [6, 6.07) is 12.6. The molecule has 1 aromatic carbocycles. The summed E-state index contributed by atoms with van der Waals surface area (Å²) in [5.41, 5.74) is 10.5. The van der Waals surface area contributed by atoms with Gasteiger partial charge in [0.05, 0.1) is 0 Å². The Labute approximate surface area is 112 Å². The lowest BCUT2D eigenvalue weighted by Gasteiger charge is -2.05. The Hall–Kier alpha value is -2.13. The van der Waals surface area contributed by atoms with Crippen LogP contribution < -0.4 is 5.73 Å². The predicted octanol–water partition coefficient (Wildman–Crippen LogP) is 2.85. The summed E-state index contributed by atoms with van der Waals surface area (Å²) in [5.74, 6) is 0. The van der Waals surface area contributed by atoms with Crippen molar-refractivity contribution in [2.75, 3.05) is 0 Å². The van der Waals surface area contributed by atoms with Gasteiger partial charge in [-0.05, 0) is 30.2 Å². The Morgan fingerprint density at radius 2 is 1.95 bits per heavy atom. The number of aromatic nitrogens is 2. The van der Waals surface area contributed by atoms with E-state index in [4.69, 9.17) is 5.73 Å². The van der Waals surface area contributed by atoms with Crippen molar-refractivity contribution in [2.45, 2.75) is 20.0 Å². The fourth-order valence-electron chi connectivity index (χ4n) is 2.37. The first kappa shape index (κ1) is 11.9. The molecule has 2 aromatic heterocycles. The van der Waals surface area contributed by atoms with Crippen molar-refractivity contribution in [1.29, 1.82) is 0 Å². The van der Waals surface area contributed by atoms with Crippen molar-refractivity contribution in [3.63, 3.8) is 0 Å². The number of hydrogen-bond donors (Lipinski definition) is 1. The van der Waals surface area contributed by atoms with Gasteiger partial charge in [-0.2, -0.15) is 0 Å². The summed E-state index contributed by atoms with van der Waals surface area (Å²) < 4.78 is 2.17. The summed E-state index contributed by atoms with van der Waals surface area (Å²) in [6.45, 7) is 3.47. The smallest absolute Gasteiger partial charge is 0.140 e. The highest BCUT2D eigenvalue weighted by molar-refractivity contribution is 5.80. The molecule has 0 saturated heterocycles. The molecule has 0 aliphatic rings. The van der Waals surface area contributed by atoms with Crippen LogP contribution in [-0.2, 0) is 13.1 Å². The molecule has 0 radical (unpaired) electrons. The molecule has 3 aromatic rings. The average molecular weight is 251 g/mol. The molecule has 3 heteroatoms. The molecule has 0 unspecified atom stereocenters. The molecular weight excluding hydrogens is 234 g/mol. The van der Waals surface area contributed by atoms with Gasteiger partial charge in [0.25, 0.3) is 0 Å². The van der Waals surface area contributed by atoms with Gasteiger partial charge >= 0.3 is 0 Å². The molecule has 96 valence electrons. The summed E-state index contributed by atoms with van der Waals surface area (Å²) in [5, 5.41) is 1.15. The maximum atomic E-state index is 5.80. The highest BCUT2D eigenvalue weighted by Gasteiger charge is 2.08. The van der Waals surface area contributed by atoms with Gasteiger partial charge in [-0.1, -0.05) is 29.8 Å². The monoisotopic (exact) mass is 251 g/mol. The Kier molecular flexibility index (Phi) is 3.05. The van der Waals surface area contributed by atoms with E-state index in [-0.39, 0.29) is 0 Å². The zero-order valence-corrected chi connectivity index (χ0v) is 11.0. The Morgan fingerprint density at radius 1 is 1.16 bits per heavy atom. The number of nitrogens with zero attached hydrogens (tertiary/aromatic N) is 2. The fourth-order valence-corrected chi connectivity index (χ4v) is 2.37. The molecule has 0 spiro atoms. The topological polar surface area (TPSA) is 43.8 Å². The molecular formula is C16H17N3. The minimum Gasteiger partial charge on any atom is -0.328 e. The SMILES string of the molecule is Cc1ccc(Cn2cc(CN)c3cccnc32)cc1. The lowest BCUT2D eigenvalue weighted by atomic mass is 10.1. The van der Waals surface area contributed by atoms with E-state index in [1.54, 1.807) is 0 Å². The van der Waals surface area contributed by atoms with E-state index in [9.17, 15) is 0 Å². The lowest BCUT2D eigenvalue weighted by Crippen LogP contribution is -1.99. The molecule has 0 amide bonds. The van der Waals surface area contributed by atoms with E-state index >= 15 is 0 Å². The number of pyridine rings is 1. The van der Waals surface area contributed by atoms with E-state index in [1.165, 1.54) is 11.1 Å². The number of fused-ring (bicyclic) bond motifs is 1. The highest BCUT2D eigenvalue weighted by Crippen LogP contribution is 2.20. The maximum absolute atomic E-state index is 5.80. The van der Waals surface area contributed by atoms with Gasteiger partial charge < -0.3 is 10.3 Å². The van der Waals surface area contributed by atoms with Crippen LogP contribution in [0.15, 0.2) is 48.8 Å². The van der Waals surface area contributed by atoms with Gasteiger partial charge in [0.15, 0.2) is 0 Å². The minimum absolute atomic E-state index is 0.545. The fraction of sp³-hybridized carbons (Fsp3) is 0.188. The average Bonchev–Trinajstić information content (AvgIpc) is 2.80. The van der Waals surface area contributed by atoms with Crippen LogP contribution in [0.25, 0.3) is 11.0 Å². The third-order valence-corrected chi connectivity index (χ3v) is 3.41. The van der Waals surface area contributed by atoms with Crippen molar-refractivity contribution in [3.8, 4) is 0 Å². The van der Waals surface area contributed by atoms with Gasteiger partial charge in [0.2, 0.25) is 0 Å². The second-order valence-corrected chi connectivity index (χ2v) is 4.85. The van der Waals surface area contributed by atoms with Crippen LogP contribution in [0.4, 0.5) is 0 Å². The van der Waals surface area contributed by atoms with E-state index < -0.39 is 0 Å². The number of rotatable bonds is 3. The molecule has 2 heterocycles. The number of nitrogens with two attached hydrogens (primary N) is 1. The van der Waals surface area contributed by atoms with Gasteiger partial charge in [-0.3, -0.25) is 0 Å². The molecule has 0 atom stereocenters. The van der Waals surface area contributed by atoms with Crippen LogP contribution in [0.5, 0.6) is 0 Å². The largest absolute Gasteiger partial charge is 0.328 e. The molecule has 3 rings (SSSR count). The number of hydrogen-bond acceptors (Lipinski definition) is 2. The third kappa shape index (κ3) is 2.25. The van der Waals surface area contributed by atoms with Crippen molar-refractivity contribution in [2.24, 2.45) is 5.73 Å². The van der Waals surface area contributed by atoms with Gasteiger partial charge in [0.1, 0.15) is 5.65 Å². The Bertz CT molecular complexity index is 696. The first-order chi connectivity index (χ1) is 9.28. The molecule has 3 nitrogen and oxygen atoms in total. The summed E-state index contributed by atoms with van der Waals surface area (Å²) in [7, 11) is 0. The number of benzene rings is 1. The van der Waals surface area contributed by atoms with Crippen molar-refractivity contribution in [1.82, 2.24) is 9.55 Å². The first-order valence-electron chi connectivity index (χ1n) is 6.46. The second-order valence-electron chi connectivity index (χ2n) is 4.85. The second kappa shape index (κ2) is 4.86. The van der Waals surface area contributed by atoms with Crippen molar-refractivity contribution >= 4 is 11.0 Å².